The average Bonchev–Trinajstić information content (AvgIpc) is 3.31. The lowest BCUT2D eigenvalue weighted by Crippen LogP contribution is -2.10. The van der Waals surface area contributed by atoms with Crippen LogP contribution in [0.1, 0.15) is 10.6 Å². The van der Waals surface area contributed by atoms with Gasteiger partial charge in [-0.3, -0.25) is 19.3 Å². The lowest BCUT2D eigenvalue weighted by atomic mass is 10.1. The number of rotatable bonds is 4. The van der Waals surface area contributed by atoms with Gasteiger partial charge in [0.05, 0.1) is 11.8 Å². The van der Waals surface area contributed by atoms with Crippen LogP contribution in [-0.4, -0.2) is 20.2 Å². The van der Waals surface area contributed by atoms with Crippen LogP contribution in [0, 0.1) is 10.1 Å². The predicted molar refractivity (Wildman–Crippen MR) is 91.8 cm³/mol. The first-order chi connectivity index (χ1) is 12.1. The molecule has 25 heavy (non-hydrogen) atoms. The molecule has 0 saturated heterocycles. The quantitative estimate of drug-likeness (QED) is 0.443. The van der Waals surface area contributed by atoms with Crippen molar-refractivity contribution in [2.75, 3.05) is 5.32 Å². The van der Waals surface area contributed by atoms with Gasteiger partial charge in [-0.2, -0.15) is 0 Å². The van der Waals surface area contributed by atoms with Gasteiger partial charge >= 0.3 is 5.88 Å². The maximum Gasteiger partial charge on any atom is 0.433 e. The number of carbonyl (C=O) groups is 1. The van der Waals surface area contributed by atoms with E-state index in [1.54, 1.807) is 23.5 Å². The summed E-state index contributed by atoms with van der Waals surface area (Å²) in [5.74, 6) is -1.14. The number of aromatic nitrogens is 2. The van der Waals surface area contributed by atoms with Crippen LogP contribution in [0.5, 0.6) is 0 Å². The van der Waals surface area contributed by atoms with Crippen LogP contribution in [0.3, 0.4) is 0 Å². The SMILES string of the molecule is O=C(Nc1ccc(-c2cn3ccsc3n2)cc1)c1ccc([N+](=O)[O-])o1. The van der Waals surface area contributed by atoms with E-state index >= 15 is 0 Å². The minimum absolute atomic E-state index is 0.120. The normalized spacial score (nSPS) is 10.9. The van der Waals surface area contributed by atoms with Crippen LogP contribution >= 0.6 is 11.3 Å². The predicted octanol–water partition coefficient (Wildman–Crippen LogP) is 3.82. The molecule has 8 nitrogen and oxygen atoms in total. The number of nitrogens with zero attached hydrogens (tertiary/aromatic N) is 3. The maximum absolute atomic E-state index is 12.0. The van der Waals surface area contributed by atoms with Crippen LogP contribution in [0.15, 0.2) is 58.6 Å². The van der Waals surface area contributed by atoms with E-state index in [-0.39, 0.29) is 5.76 Å². The molecule has 1 aromatic carbocycles. The van der Waals surface area contributed by atoms with Crippen LogP contribution in [0.4, 0.5) is 11.6 Å². The van der Waals surface area contributed by atoms with Crippen LogP contribution in [0.2, 0.25) is 0 Å². The van der Waals surface area contributed by atoms with Gasteiger partial charge in [0.1, 0.15) is 4.92 Å². The zero-order chi connectivity index (χ0) is 17.4. The third-order valence-corrected chi connectivity index (χ3v) is 4.30. The summed E-state index contributed by atoms with van der Waals surface area (Å²) >= 11 is 1.55. The molecule has 124 valence electrons. The number of furan rings is 1. The smallest absolute Gasteiger partial charge is 0.395 e. The first-order valence-electron chi connectivity index (χ1n) is 7.18. The topological polar surface area (TPSA) is 103 Å². The number of amides is 1. The van der Waals surface area contributed by atoms with Gasteiger partial charge in [-0.25, -0.2) is 4.98 Å². The Kier molecular flexibility index (Phi) is 3.55. The molecule has 0 aliphatic rings. The van der Waals surface area contributed by atoms with Crippen molar-refractivity contribution in [3.63, 3.8) is 0 Å². The summed E-state index contributed by atoms with van der Waals surface area (Å²) in [5.41, 5.74) is 2.31. The number of hydrogen-bond acceptors (Lipinski definition) is 6. The zero-order valence-electron chi connectivity index (χ0n) is 12.6. The molecule has 0 fully saturated rings. The number of imidazole rings is 1. The Morgan fingerprint density at radius 3 is 2.72 bits per heavy atom. The molecule has 0 bridgehead atoms. The van der Waals surface area contributed by atoms with Crippen molar-refractivity contribution in [2.45, 2.75) is 0 Å². The number of anilines is 1. The minimum Gasteiger partial charge on any atom is -0.395 e. The average molecular weight is 354 g/mol. The lowest BCUT2D eigenvalue weighted by molar-refractivity contribution is -0.402. The third-order valence-electron chi connectivity index (χ3n) is 3.53. The minimum atomic E-state index is -0.693. The Bertz CT molecular complexity index is 1050. The highest BCUT2D eigenvalue weighted by Gasteiger charge is 2.17. The molecule has 3 heterocycles. The van der Waals surface area contributed by atoms with Crippen molar-refractivity contribution in [1.82, 2.24) is 9.38 Å². The first-order valence-corrected chi connectivity index (χ1v) is 8.06. The molecule has 9 heteroatoms. The van der Waals surface area contributed by atoms with Crippen molar-refractivity contribution in [2.24, 2.45) is 0 Å². The molecular formula is C16H10N4O4S. The molecular weight excluding hydrogens is 344 g/mol. The van der Waals surface area contributed by atoms with E-state index in [9.17, 15) is 14.9 Å². The van der Waals surface area contributed by atoms with Gasteiger partial charge in [0.25, 0.3) is 5.91 Å². The lowest BCUT2D eigenvalue weighted by Gasteiger charge is -2.04. The number of carbonyl (C=O) groups excluding carboxylic acids is 1. The van der Waals surface area contributed by atoms with E-state index in [0.717, 1.165) is 22.3 Å². The molecule has 0 spiro atoms. The largest absolute Gasteiger partial charge is 0.433 e. The third kappa shape index (κ3) is 2.88. The number of fused-ring (bicyclic) bond motifs is 1. The van der Waals surface area contributed by atoms with Gasteiger partial charge in [0, 0.05) is 29.0 Å². The fraction of sp³-hybridized carbons (Fsp3) is 0. The number of hydrogen-bond donors (Lipinski definition) is 1. The number of nitro groups is 1. The molecule has 0 radical (unpaired) electrons. The standard InChI is InChI=1S/C16H10N4O4S/c21-15(13-5-6-14(24-13)20(22)23)17-11-3-1-10(2-4-11)12-9-19-7-8-25-16(19)18-12/h1-9H,(H,17,21). The highest BCUT2D eigenvalue weighted by atomic mass is 32.1. The molecule has 1 N–H and O–H groups in total. The van der Waals surface area contributed by atoms with E-state index in [1.165, 1.54) is 6.07 Å². The second kappa shape index (κ2) is 5.87. The zero-order valence-corrected chi connectivity index (χ0v) is 13.4. The molecule has 0 aliphatic carbocycles. The molecule has 0 atom stereocenters. The van der Waals surface area contributed by atoms with E-state index in [2.05, 4.69) is 10.3 Å². The maximum atomic E-state index is 12.0. The fourth-order valence-electron chi connectivity index (χ4n) is 2.33. The Labute approximate surface area is 144 Å². The summed E-state index contributed by atoms with van der Waals surface area (Å²) in [6.07, 6.45) is 3.87. The van der Waals surface area contributed by atoms with Crippen molar-refractivity contribution in [3.8, 4) is 11.3 Å². The second-order valence-corrected chi connectivity index (χ2v) is 6.02. The van der Waals surface area contributed by atoms with Gasteiger partial charge in [-0.1, -0.05) is 12.1 Å². The van der Waals surface area contributed by atoms with Gasteiger partial charge in [-0.05, 0) is 18.2 Å². The molecule has 3 aromatic heterocycles. The Balaban J connectivity index is 1.50. The van der Waals surface area contributed by atoms with Gasteiger partial charge in [-0.15, -0.1) is 11.3 Å². The van der Waals surface area contributed by atoms with Crippen LogP contribution < -0.4 is 5.32 Å². The number of thiazole rings is 1. The summed E-state index contributed by atoms with van der Waals surface area (Å²) in [6, 6.07) is 9.55. The molecule has 4 rings (SSSR count). The Morgan fingerprint density at radius 1 is 1.24 bits per heavy atom. The number of nitrogens with one attached hydrogen (secondary N) is 1. The summed E-state index contributed by atoms with van der Waals surface area (Å²) in [5, 5.41) is 15.2. The van der Waals surface area contributed by atoms with E-state index < -0.39 is 16.7 Å². The van der Waals surface area contributed by atoms with E-state index in [0.29, 0.717) is 5.69 Å². The van der Waals surface area contributed by atoms with Gasteiger partial charge in [0.15, 0.2) is 10.7 Å². The molecule has 0 aliphatic heterocycles. The second-order valence-electron chi connectivity index (χ2n) is 5.15. The van der Waals surface area contributed by atoms with Gasteiger partial charge < -0.3 is 9.73 Å². The van der Waals surface area contributed by atoms with Crippen molar-refractivity contribution >= 4 is 33.8 Å². The van der Waals surface area contributed by atoms with Crippen molar-refractivity contribution < 1.29 is 14.1 Å². The van der Waals surface area contributed by atoms with E-state index in [1.807, 2.05) is 34.3 Å². The molecule has 0 saturated carbocycles. The number of benzene rings is 1. The highest BCUT2D eigenvalue weighted by Crippen LogP contribution is 2.23. The summed E-state index contributed by atoms with van der Waals surface area (Å²) in [4.78, 5) is 27.4. The molecule has 4 aromatic rings. The highest BCUT2D eigenvalue weighted by molar-refractivity contribution is 7.15. The Morgan fingerprint density at radius 2 is 2.04 bits per heavy atom. The fourth-order valence-corrected chi connectivity index (χ4v) is 3.03. The molecule has 0 unspecified atom stereocenters. The van der Waals surface area contributed by atoms with Crippen molar-refractivity contribution in [1.29, 1.82) is 0 Å². The van der Waals surface area contributed by atoms with E-state index in [4.69, 9.17) is 4.42 Å². The monoisotopic (exact) mass is 354 g/mol. The summed E-state index contributed by atoms with van der Waals surface area (Å²) < 4.78 is 6.82. The van der Waals surface area contributed by atoms with Gasteiger partial charge in [0.2, 0.25) is 0 Å². The summed E-state index contributed by atoms with van der Waals surface area (Å²) in [7, 11) is 0. The first kappa shape index (κ1) is 15.1. The molecule has 1 amide bonds. The Hall–Kier alpha value is -3.46. The van der Waals surface area contributed by atoms with Crippen LogP contribution in [0.25, 0.3) is 16.2 Å². The van der Waals surface area contributed by atoms with Crippen LogP contribution in [-0.2, 0) is 0 Å². The van der Waals surface area contributed by atoms with Crippen molar-refractivity contribution in [3.05, 3.63) is 70.0 Å². The summed E-state index contributed by atoms with van der Waals surface area (Å²) in [6.45, 7) is 0.